The smallest absolute Gasteiger partial charge is 0.307 e. The van der Waals surface area contributed by atoms with Gasteiger partial charge in [-0.25, -0.2) is 0 Å². The lowest BCUT2D eigenvalue weighted by Crippen LogP contribution is -2.46. The maximum Gasteiger partial charge on any atom is 0.307 e. The first-order chi connectivity index (χ1) is 10.7. The first kappa shape index (κ1) is 16.1. The van der Waals surface area contributed by atoms with E-state index in [0.717, 1.165) is 23.3 Å². The average Bonchev–Trinajstić information content (AvgIpc) is 2.39. The highest BCUT2D eigenvalue weighted by molar-refractivity contribution is 5.71. The van der Waals surface area contributed by atoms with E-state index in [2.05, 4.69) is 40.7 Å². The van der Waals surface area contributed by atoms with Crippen molar-refractivity contribution in [1.82, 2.24) is 0 Å². The molecular weight excluding hydrogens is 288 g/mol. The van der Waals surface area contributed by atoms with Gasteiger partial charge in [0, 0.05) is 17.4 Å². The molecule has 0 saturated heterocycles. The van der Waals surface area contributed by atoms with E-state index in [-0.39, 0.29) is 12.0 Å². The largest absolute Gasteiger partial charge is 0.487 e. The number of carboxylic acids is 1. The zero-order chi connectivity index (χ0) is 16.9. The van der Waals surface area contributed by atoms with Gasteiger partial charge in [-0.05, 0) is 57.2 Å². The van der Waals surface area contributed by atoms with Crippen LogP contribution in [-0.2, 0) is 11.2 Å². The second-order valence-corrected chi connectivity index (χ2v) is 7.78. The second-order valence-electron chi connectivity index (χ2n) is 7.78. The van der Waals surface area contributed by atoms with Gasteiger partial charge in [-0.2, -0.15) is 0 Å². The van der Waals surface area contributed by atoms with Gasteiger partial charge in [-0.3, -0.25) is 4.79 Å². The molecule has 1 aliphatic carbocycles. The molecule has 124 valence electrons. The van der Waals surface area contributed by atoms with Gasteiger partial charge < -0.3 is 9.84 Å². The maximum absolute atomic E-state index is 11.0. The summed E-state index contributed by atoms with van der Waals surface area (Å²) in [5.41, 5.74) is 4.41. The topological polar surface area (TPSA) is 46.5 Å². The number of carbonyl (C=O) groups is 1. The van der Waals surface area contributed by atoms with Gasteiger partial charge >= 0.3 is 5.97 Å². The summed E-state index contributed by atoms with van der Waals surface area (Å²) in [4.78, 5) is 11.0. The molecule has 0 fully saturated rings. The van der Waals surface area contributed by atoms with Crippen LogP contribution in [0.15, 0.2) is 23.8 Å². The molecule has 3 nitrogen and oxygen atoms in total. The molecule has 2 aliphatic rings. The van der Waals surface area contributed by atoms with Crippen LogP contribution in [-0.4, -0.2) is 16.7 Å². The predicted molar refractivity (Wildman–Crippen MR) is 91.0 cm³/mol. The van der Waals surface area contributed by atoms with E-state index >= 15 is 0 Å². The fraction of sp³-hybridized carbons (Fsp3) is 0.550. The fourth-order valence-corrected chi connectivity index (χ4v) is 4.26. The highest BCUT2D eigenvalue weighted by Gasteiger charge is 2.45. The van der Waals surface area contributed by atoms with Crippen LogP contribution in [0, 0.1) is 18.8 Å². The standard InChI is InChI=1S/C20H26O3/c1-11-7-15-16(8-12(11)2)20(4,5)23-17-9-14(10-18(21)22)6-13(3)19(15)17/h6-7,9,12,15-16H,8,10H2,1-5H3,(H,21,22). The Bertz CT molecular complexity index is 684. The molecule has 3 unspecified atom stereocenters. The van der Waals surface area contributed by atoms with Gasteiger partial charge in [-0.1, -0.05) is 24.6 Å². The minimum atomic E-state index is -0.806. The Morgan fingerprint density at radius 3 is 2.70 bits per heavy atom. The number of rotatable bonds is 2. The zero-order valence-corrected chi connectivity index (χ0v) is 14.6. The summed E-state index contributed by atoms with van der Waals surface area (Å²) >= 11 is 0. The lowest BCUT2D eigenvalue weighted by molar-refractivity contribution is -0.136. The Hall–Kier alpha value is -1.77. The van der Waals surface area contributed by atoms with E-state index < -0.39 is 5.97 Å². The van der Waals surface area contributed by atoms with Gasteiger partial charge in [0.15, 0.2) is 0 Å². The van der Waals surface area contributed by atoms with Crippen molar-refractivity contribution >= 4 is 5.97 Å². The van der Waals surface area contributed by atoms with Crippen molar-refractivity contribution in [1.29, 1.82) is 0 Å². The van der Waals surface area contributed by atoms with E-state index in [9.17, 15) is 4.79 Å². The maximum atomic E-state index is 11.0. The van der Waals surface area contributed by atoms with E-state index in [1.807, 2.05) is 12.1 Å². The quantitative estimate of drug-likeness (QED) is 0.819. The predicted octanol–water partition coefficient (Wildman–Crippen LogP) is 4.48. The Kier molecular flexibility index (Phi) is 3.78. The average molecular weight is 314 g/mol. The summed E-state index contributed by atoms with van der Waals surface area (Å²) in [7, 11) is 0. The second kappa shape index (κ2) is 5.40. The number of hydrogen-bond donors (Lipinski definition) is 1. The lowest BCUT2D eigenvalue weighted by atomic mass is 9.65. The van der Waals surface area contributed by atoms with Crippen LogP contribution < -0.4 is 4.74 Å². The number of ether oxygens (including phenoxy) is 1. The van der Waals surface area contributed by atoms with Gasteiger partial charge in [0.25, 0.3) is 0 Å². The third-order valence-electron chi connectivity index (χ3n) is 5.62. The Balaban J connectivity index is 2.13. The van der Waals surface area contributed by atoms with Gasteiger partial charge in [-0.15, -0.1) is 0 Å². The molecule has 0 saturated carbocycles. The highest BCUT2D eigenvalue weighted by atomic mass is 16.5. The highest BCUT2D eigenvalue weighted by Crippen LogP contribution is 2.52. The number of carboxylic acid groups (broad SMARTS) is 1. The first-order valence-corrected chi connectivity index (χ1v) is 8.41. The number of allylic oxidation sites excluding steroid dienone is 2. The first-order valence-electron chi connectivity index (χ1n) is 8.41. The minimum Gasteiger partial charge on any atom is -0.487 e. The summed E-state index contributed by atoms with van der Waals surface area (Å²) in [6.45, 7) is 10.9. The molecule has 3 rings (SSSR count). The molecule has 23 heavy (non-hydrogen) atoms. The van der Waals surface area contributed by atoms with Gasteiger partial charge in [0.1, 0.15) is 11.4 Å². The van der Waals surface area contributed by atoms with Crippen LogP contribution in [0.5, 0.6) is 5.75 Å². The number of hydrogen-bond acceptors (Lipinski definition) is 2. The minimum absolute atomic E-state index is 0.0396. The number of aryl methyl sites for hydroxylation is 1. The Labute approximate surface area is 138 Å². The molecule has 0 amide bonds. The van der Waals surface area contributed by atoms with Crippen LogP contribution in [0.3, 0.4) is 0 Å². The summed E-state index contributed by atoms with van der Waals surface area (Å²) in [6, 6.07) is 3.93. The molecule has 0 radical (unpaired) electrons. The summed E-state index contributed by atoms with van der Waals surface area (Å²) in [5, 5.41) is 9.07. The van der Waals surface area contributed by atoms with Crippen molar-refractivity contribution in [2.45, 2.75) is 59.0 Å². The number of fused-ring (bicyclic) bond motifs is 3. The summed E-state index contributed by atoms with van der Waals surface area (Å²) < 4.78 is 6.35. The lowest BCUT2D eigenvalue weighted by Gasteiger charge is -2.48. The third-order valence-corrected chi connectivity index (χ3v) is 5.62. The van der Waals surface area contributed by atoms with Crippen molar-refractivity contribution in [3.8, 4) is 5.75 Å². The number of benzene rings is 1. The molecule has 1 aliphatic heterocycles. The fourth-order valence-electron chi connectivity index (χ4n) is 4.26. The molecule has 1 aromatic carbocycles. The van der Waals surface area contributed by atoms with Crippen LogP contribution in [0.25, 0.3) is 0 Å². The number of aliphatic carboxylic acids is 1. The van der Waals surface area contributed by atoms with E-state index in [4.69, 9.17) is 9.84 Å². The van der Waals surface area contributed by atoms with E-state index in [1.54, 1.807) is 0 Å². The summed E-state index contributed by atoms with van der Waals surface area (Å²) in [5.74, 6) is 1.47. The van der Waals surface area contributed by atoms with E-state index in [1.165, 1.54) is 11.1 Å². The van der Waals surface area contributed by atoms with Crippen molar-refractivity contribution in [2.75, 3.05) is 0 Å². The molecule has 3 heteroatoms. The van der Waals surface area contributed by atoms with Crippen molar-refractivity contribution in [2.24, 2.45) is 11.8 Å². The Morgan fingerprint density at radius 2 is 2.04 bits per heavy atom. The summed E-state index contributed by atoms with van der Waals surface area (Å²) in [6.07, 6.45) is 3.58. The monoisotopic (exact) mass is 314 g/mol. The molecule has 1 aromatic rings. The molecule has 1 N–H and O–H groups in total. The van der Waals surface area contributed by atoms with Crippen molar-refractivity contribution < 1.29 is 14.6 Å². The Morgan fingerprint density at radius 1 is 1.35 bits per heavy atom. The van der Waals surface area contributed by atoms with Crippen LogP contribution in [0.2, 0.25) is 0 Å². The molecule has 0 aromatic heterocycles. The molecular formula is C20H26O3. The normalized spacial score (nSPS) is 28.2. The zero-order valence-electron chi connectivity index (χ0n) is 14.6. The third kappa shape index (κ3) is 2.77. The molecule has 0 bridgehead atoms. The van der Waals surface area contributed by atoms with Crippen LogP contribution in [0.1, 0.15) is 56.7 Å². The molecule has 3 atom stereocenters. The van der Waals surface area contributed by atoms with Gasteiger partial charge in [0.2, 0.25) is 0 Å². The van der Waals surface area contributed by atoms with E-state index in [0.29, 0.717) is 17.8 Å². The molecule has 1 heterocycles. The van der Waals surface area contributed by atoms with Gasteiger partial charge in [0.05, 0.1) is 6.42 Å². The van der Waals surface area contributed by atoms with Crippen molar-refractivity contribution in [3.05, 3.63) is 40.5 Å². The van der Waals surface area contributed by atoms with Crippen LogP contribution in [0.4, 0.5) is 0 Å². The SMILES string of the molecule is CC1=CC2c3c(C)cc(CC(=O)O)cc3OC(C)(C)C2CC1C. The molecule has 0 spiro atoms. The van der Waals surface area contributed by atoms with Crippen molar-refractivity contribution in [3.63, 3.8) is 0 Å². The van der Waals surface area contributed by atoms with Crippen LogP contribution >= 0.6 is 0 Å².